The number of amides is 1. The first-order valence-electron chi connectivity index (χ1n) is 5.52. The molecule has 7 heteroatoms. The highest BCUT2D eigenvalue weighted by Crippen LogP contribution is 2.27. The average molecular weight is 416 g/mol. The molecular weight excluding hydrogens is 404 g/mol. The van der Waals surface area contributed by atoms with Crippen molar-refractivity contribution in [1.29, 1.82) is 0 Å². The van der Waals surface area contributed by atoms with E-state index in [1.165, 1.54) is 4.90 Å². The Morgan fingerprint density at radius 3 is 2.53 bits per heavy atom. The fourth-order valence-corrected chi connectivity index (χ4v) is 2.55. The van der Waals surface area contributed by atoms with E-state index in [0.29, 0.717) is 25.7 Å². The summed E-state index contributed by atoms with van der Waals surface area (Å²) < 4.78 is 0.613. The topological polar surface area (TPSA) is 57.6 Å². The molecule has 0 unspecified atom stereocenters. The van der Waals surface area contributed by atoms with Crippen molar-refractivity contribution in [3.05, 3.63) is 31.3 Å². The van der Waals surface area contributed by atoms with Gasteiger partial charge in [0.15, 0.2) is 0 Å². The highest BCUT2D eigenvalue weighted by Gasteiger charge is 2.19. The molecule has 1 rings (SSSR count). The van der Waals surface area contributed by atoms with Crippen molar-refractivity contribution in [2.45, 2.75) is 13.3 Å². The number of hydrogen-bond donors (Lipinski definition) is 1. The van der Waals surface area contributed by atoms with Crippen LogP contribution in [0, 0.1) is 3.57 Å². The van der Waals surface area contributed by atoms with Crippen LogP contribution in [0.15, 0.2) is 12.1 Å². The molecule has 0 fully saturated rings. The van der Waals surface area contributed by atoms with Crippen LogP contribution in [0.3, 0.4) is 0 Å². The summed E-state index contributed by atoms with van der Waals surface area (Å²) in [6, 6.07) is 3.11. The Balaban J connectivity index is 3.00. The number of halogens is 3. The summed E-state index contributed by atoms with van der Waals surface area (Å²) in [5.74, 6) is -1.21. The first-order valence-corrected chi connectivity index (χ1v) is 7.35. The summed E-state index contributed by atoms with van der Waals surface area (Å²) >= 11 is 13.8. The number of rotatable bonds is 5. The molecule has 0 radical (unpaired) electrons. The highest BCUT2D eigenvalue weighted by molar-refractivity contribution is 14.1. The van der Waals surface area contributed by atoms with E-state index in [2.05, 4.69) is 0 Å². The Morgan fingerprint density at radius 2 is 2.00 bits per heavy atom. The van der Waals surface area contributed by atoms with E-state index in [-0.39, 0.29) is 18.9 Å². The molecule has 19 heavy (non-hydrogen) atoms. The number of carbonyl (C=O) groups excluding carboxylic acids is 1. The van der Waals surface area contributed by atoms with Crippen LogP contribution in [0.1, 0.15) is 23.7 Å². The summed E-state index contributed by atoms with van der Waals surface area (Å²) in [4.78, 5) is 24.4. The number of aliphatic carboxylic acids is 1. The van der Waals surface area contributed by atoms with Gasteiger partial charge in [0.25, 0.3) is 5.91 Å². The van der Waals surface area contributed by atoms with Crippen LogP contribution in [0.4, 0.5) is 0 Å². The molecule has 0 spiro atoms. The third kappa shape index (κ3) is 4.50. The molecule has 1 N–H and O–H groups in total. The van der Waals surface area contributed by atoms with Crippen LogP contribution in [0.2, 0.25) is 10.0 Å². The Labute approximate surface area is 134 Å². The maximum Gasteiger partial charge on any atom is 0.305 e. The van der Waals surface area contributed by atoms with Crippen LogP contribution in [0.5, 0.6) is 0 Å². The summed E-state index contributed by atoms with van der Waals surface area (Å²) in [6.45, 7) is 2.37. The Morgan fingerprint density at radius 1 is 1.37 bits per heavy atom. The standard InChI is InChI=1S/C12H12Cl2INO3/c1-2-16(4-3-10(17)18)12(19)8-5-7(13)6-9(14)11(8)15/h5-6H,2-4H2,1H3,(H,17,18). The number of hydrogen-bond acceptors (Lipinski definition) is 2. The van der Waals surface area contributed by atoms with Crippen molar-refractivity contribution in [2.75, 3.05) is 13.1 Å². The van der Waals surface area contributed by atoms with E-state index in [0.717, 1.165) is 0 Å². The second kappa shape index (κ2) is 7.31. The van der Waals surface area contributed by atoms with Gasteiger partial charge in [-0.25, -0.2) is 0 Å². The van der Waals surface area contributed by atoms with Gasteiger partial charge in [-0.2, -0.15) is 0 Å². The van der Waals surface area contributed by atoms with Crippen LogP contribution in [0.25, 0.3) is 0 Å². The molecule has 0 aromatic heterocycles. The lowest BCUT2D eigenvalue weighted by molar-refractivity contribution is -0.137. The van der Waals surface area contributed by atoms with Gasteiger partial charge in [0.2, 0.25) is 0 Å². The van der Waals surface area contributed by atoms with Crippen molar-refractivity contribution in [1.82, 2.24) is 4.90 Å². The second-order valence-electron chi connectivity index (χ2n) is 3.78. The molecule has 1 aromatic carbocycles. The van der Waals surface area contributed by atoms with E-state index < -0.39 is 5.97 Å². The van der Waals surface area contributed by atoms with E-state index in [1.54, 1.807) is 19.1 Å². The summed E-state index contributed by atoms with van der Waals surface area (Å²) in [6.07, 6.45) is -0.0928. The summed E-state index contributed by atoms with van der Waals surface area (Å²) in [7, 11) is 0. The molecule has 104 valence electrons. The van der Waals surface area contributed by atoms with Gasteiger partial charge in [0, 0.05) is 21.7 Å². The van der Waals surface area contributed by atoms with E-state index in [4.69, 9.17) is 28.3 Å². The molecule has 4 nitrogen and oxygen atoms in total. The number of carbonyl (C=O) groups is 2. The maximum absolute atomic E-state index is 12.3. The van der Waals surface area contributed by atoms with Gasteiger partial charge in [-0.05, 0) is 41.6 Å². The Kier molecular flexibility index (Phi) is 6.35. The lowest BCUT2D eigenvalue weighted by atomic mass is 10.2. The lowest BCUT2D eigenvalue weighted by Gasteiger charge is -2.21. The number of benzene rings is 1. The number of carboxylic acids is 1. The van der Waals surface area contributed by atoms with Gasteiger partial charge in [-0.1, -0.05) is 23.2 Å². The van der Waals surface area contributed by atoms with Gasteiger partial charge in [0.05, 0.1) is 17.0 Å². The third-order valence-electron chi connectivity index (χ3n) is 2.49. The zero-order valence-electron chi connectivity index (χ0n) is 10.1. The minimum absolute atomic E-state index is 0.0928. The molecule has 0 bridgehead atoms. The number of nitrogens with zero attached hydrogens (tertiary/aromatic N) is 1. The van der Waals surface area contributed by atoms with Crippen LogP contribution >= 0.6 is 45.8 Å². The van der Waals surface area contributed by atoms with Crippen LogP contribution < -0.4 is 0 Å². The van der Waals surface area contributed by atoms with Gasteiger partial charge >= 0.3 is 5.97 Å². The van der Waals surface area contributed by atoms with Crippen molar-refractivity contribution < 1.29 is 14.7 Å². The van der Waals surface area contributed by atoms with Crippen LogP contribution in [-0.2, 0) is 4.79 Å². The fourth-order valence-electron chi connectivity index (χ4n) is 1.52. The minimum atomic E-state index is -0.940. The minimum Gasteiger partial charge on any atom is -0.481 e. The monoisotopic (exact) mass is 415 g/mol. The Bertz CT molecular complexity index is 508. The van der Waals surface area contributed by atoms with E-state index in [1.807, 2.05) is 22.6 Å². The third-order valence-corrected chi connectivity index (χ3v) is 4.49. The second-order valence-corrected chi connectivity index (χ2v) is 5.70. The predicted octanol–water partition coefficient (Wildman–Crippen LogP) is 3.53. The summed E-state index contributed by atoms with van der Waals surface area (Å²) in [5.41, 5.74) is 0.394. The number of carboxylic acid groups (broad SMARTS) is 1. The quantitative estimate of drug-likeness (QED) is 0.591. The molecule has 1 amide bonds. The molecule has 1 aromatic rings. The first kappa shape index (κ1) is 16.5. The largest absolute Gasteiger partial charge is 0.481 e. The van der Waals surface area contributed by atoms with E-state index in [9.17, 15) is 9.59 Å². The zero-order valence-corrected chi connectivity index (χ0v) is 13.8. The van der Waals surface area contributed by atoms with Gasteiger partial charge in [0.1, 0.15) is 0 Å². The van der Waals surface area contributed by atoms with Crippen LogP contribution in [-0.4, -0.2) is 35.0 Å². The highest BCUT2D eigenvalue weighted by atomic mass is 127. The van der Waals surface area contributed by atoms with Crippen molar-refractivity contribution in [2.24, 2.45) is 0 Å². The summed E-state index contributed by atoms with van der Waals surface area (Å²) in [5, 5.41) is 9.46. The molecule has 0 aliphatic heterocycles. The molecular formula is C12H12Cl2INO3. The fraction of sp³-hybridized carbons (Fsp3) is 0.333. The van der Waals surface area contributed by atoms with Crippen molar-refractivity contribution in [3.8, 4) is 0 Å². The normalized spacial score (nSPS) is 10.3. The van der Waals surface area contributed by atoms with E-state index >= 15 is 0 Å². The average Bonchev–Trinajstić information content (AvgIpc) is 2.33. The smallest absolute Gasteiger partial charge is 0.305 e. The first-order chi connectivity index (χ1) is 8.86. The van der Waals surface area contributed by atoms with Gasteiger partial charge < -0.3 is 10.0 Å². The van der Waals surface area contributed by atoms with Gasteiger partial charge in [-0.15, -0.1) is 0 Å². The van der Waals surface area contributed by atoms with Crippen molar-refractivity contribution in [3.63, 3.8) is 0 Å². The Hall–Kier alpha value is -0.530. The maximum atomic E-state index is 12.3. The predicted molar refractivity (Wildman–Crippen MR) is 83.0 cm³/mol. The molecule has 0 saturated heterocycles. The van der Waals surface area contributed by atoms with Gasteiger partial charge in [-0.3, -0.25) is 9.59 Å². The zero-order chi connectivity index (χ0) is 14.6. The molecule has 0 saturated carbocycles. The molecule has 0 atom stereocenters. The molecule has 0 aliphatic carbocycles. The lowest BCUT2D eigenvalue weighted by Crippen LogP contribution is -2.33. The van der Waals surface area contributed by atoms with Crippen molar-refractivity contribution >= 4 is 57.7 Å². The molecule has 0 aliphatic rings. The SMILES string of the molecule is CCN(CCC(=O)O)C(=O)c1cc(Cl)cc(Cl)c1I. The molecule has 0 heterocycles.